The molecule has 1 aliphatic rings. The summed E-state index contributed by atoms with van der Waals surface area (Å²) in [5.74, 6) is -0.122. The zero-order chi connectivity index (χ0) is 19.6. The summed E-state index contributed by atoms with van der Waals surface area (Å²) in [7, 11) is -3.64. The second kappa shape index (κ2) is 7.77. The van der Waals surface area contributed by atoms with Gasteiger partial charge in [-0.1, -0.05) is 24.3 Å². The molecule has 0 radical (unpaired) electrons. The number of nitrogens with zero attached hydrogens (tertiary/aromatic N) is 1. The maximum atomic E-state index is 13.1. The number of para-hydroxylation sites is 1. The Balaban J connectivity index is 1.51. The van der Waals surface area contributed by atoms with Gasteiger partial charge < -0.3 is 5.32 Å². The summed E-state index contributed by atoms with van der Waals surface area (Å²) in [5, 5.41) is 4.74. The smallest absolute Gasteiger partial charge is 0.264 e. The number of fused-ring (bicyclic) bond motifs is 1. The molecule has 4 rings (SSSR count). The molecule has 1 aliphatic heterocycles. The molecular formula is C21H20N2O3S2. The van der Waals surface area contributed by atoms with Crippen LogP contribution in [0.1, 0.15) is 16.9 Å². The van der Waals surface area contributed by atoms with Crippen LogP contribution < -0.4 is 9.62 Å². The van der Waals surface area contributed by atoms with E-state index in [1.165, 1.54) is 15.6 Å². The summed E-state index contributed by atoms with van der Waals surface area (Å²) in [5.41, 5.74) is 2.39. The van der Waals surface area contributed by atoms with E-state index < -0.39 is 10.0 Å². The van der Waals surface area contributed by atoms with E-state index in [-0.39, 0.29) is 10.8 Å². The van der Waals surface area contributed by atoms with Gasteiger partial charge >= 0.3 is 0 Å². The molecule has 1 aromatic heterocycles. The first kappa shape index (κ1) is 18.7. The van der Waals surface area contributed by atoms with Gasteiger partial charge in [0.25, 0.3) is 10.0 Å². The Bertz CT molecular complexity index is 1080. The maximum Gasteiger partial charge on any atom is 0.264 e. The first-order chi connectivity index (χ1) is 13.5. The third-order valence-electron chi connectivity index (χ3n) is 4.71. The van der Waals surface area contributed by atoms with Crippen molar-refractivity contribution in [3.8, 4) is 0 Å². The van der Waals surface area contributed by atoms with Crippen LogP contribution in [0.2, 0.25) is 0 Å². The quantitative estimate of drug-likeness (QED) is 0.687. The Hall–Kier alpha value is -2.64. The SMILES string of the molecule is O=C(Cc1cccs1)Nc1ccc(S(=O)(=O)N2CCCc3ccccc32)cc1. The van der Waals surface area contributed by atoms with Crippen LogP contribution in [0.25, 0.3) is 0 Å². The number of hydrogen-bond donors (Lipinski definition) is 1. The lowest BCUT2D eigenvalue weighted by molar-refractivity contribution is -0.115. The van der Waals surface area contributed by atoms with E-state index in [0.717, 1.165) is 29.0 Å². The first-order valence-corrected chi connectivity index (χ1v) is 11.4. The Labute approximate surface area is 168 Å². The van der Waals surface area contributed by atoms with Crippen LogP contribution in [0.5, 0.6) is 0 Å². The van der Waals surface area contributed by atoms with Gasteiger partial charge in [0.2, 0.25) is 5.91 Å². The number of amides is 1. The van der Waals surface area contributed by atoms with Crippen LogP contribution in [0.4, 0.5) is 11.4 Å². The predicted octanol–water partition coefficient (Wildman–Crippen LogP) is 4.07. The molecule has 2 aromatic carbocycles. The molecule has 2 heterocycles. The average Bonchev–Trinajstić information content (AvgIpc) is 3.20. The lowest BCUT2D eigenvalue weighted by Gasteiger charge is -2.30. The van der Waals surface area contributed by atoms with Crippen LogP contribution in [-0.2, 0) is 27.7 Å². The van der Waals surface area contributed by atoms with Gasteiger partial charge in [0.05, 0.1) is 17.0 Å². The average molecular weight is 413 g/mol. The largest absolute Gasteiger partial charge is 0.326 e. The Kier molecular flexibility index (Phi) is 5.19. The number of rotatable bonds is 5. The minimum absolute atomic E-state index is 0.122. The van der Waals surface area contributed by atoms with Gasteiger partial charge in [0, 0.05) is 17.1 Å². The number of aryl methyl sites for hydroxylation is 1. The van der Waals surface area contributed by atoms with Crippen molar-refractivity contribution in [3.63, 3.8) is 0 Å². The van der Waals surface area contributed by atoms with Gasteiger partial charge in [-0.2, -0.15) is 0 Å². The number of carbonyl (C=O) groups is 1. The van der Waals surface area contributed by atoms with E-state index in [0.29, 0.717) is 18.7 Å². The summed E-state index contributed by atoms with van der Waals surface area (Å²) in [6.07, 6.45) is 1.99. The summed E-state index contributed by atoms with van der Waals surface area (Å²) >= 11 is 1.53. The summed E-state index contributed by atoms with van der Waals surface area (Å²) in [6.45, 7) is 0.471. The van der Waals surface area contributed by atoms with Crippen LogP contribution in [0.3, 0.4) is 0 Å². The fraction of sp³-hybridized carbons (Fsp3) is 0.190. The normalized spacial score (nSPS) is 13.8. The fourth-order valence-electron chi connectivity index (χ4n) is 3.36. The summed E-state index contributed by atoms with van der Waals surface area (Å²) < 4.78 is 27.8. The molecule has 7 heteroatoms. The zero-order valence-corrected chi connectivity index (χ0v) is 16.8. The first-order valence-electron chi connectivity index (χ1n) is 9.07. The third-order valence-corrected chi connectivity index (χ3v) is 7.41. The standard InChI is InChI=1S/C21H20N2O3S2/c24-21(15-18-7-4-14-27-18)22-17-9-11-19(12-10-17)28(25,26)23-13-3-6-16-5-1-2-8-20(16)23/h1-2,4-5,7-12,14H,3,6,13,15H2,(H,22,24). The van der Waals surface area contributed by atoms with Crippen molar-refractivity contribution in [2.24, 2.45) is 0 Å². The van der Waals surface area contributed by atoms with Gasteiger partial charge in [-0.3, -0.25) is 9.10 Å². The molecule has 0 spiro atoms. The highest BCUT2D eigenvalue weighted by Gasteiger charge is 2.28. The fourth-order valence-corrected chi connectivity index (χ4v) is 5.61. The molecule has 144 valence electrons. The highest BCUT2D eigenvalue weighted by molar-refractivity contribution is 7.92. The second-order valence-electron chi connectivity index (χ2n) is 6.64. The van der Waals surface area contributed by atoms with Crippen LogP contribution in [0.15, 0.2) is 70.9 Å². The number of thiophene rings is 1. The van der Waals surface area contributed by atoms with Crippen molar-refractivity contribution < 1.29 is 13.2 Å². The Morgan fingerprint density at radius 1 is 1.04 bits per heavy atom. The minimum atomic E-state index is -3.64. The molecule has 0 unspecified atom stereocenters. The predicted molar refractivity (Wildman–Crippen MR) is 112 cm³/mol. The van der Waals surface area contributed by atoms with E-state index in [1.54, 1.807) is 24.3 Å². The Morgan fingerprint density at radius 2 is 1.82 bits per heavy atom. The van der Waals surface area contributed by atoms with E-state index in [4.69, 9.17) is 0 Å². The molecule has 1 amide bonds. The van der Waals surface area contributed by atoms with Crippen molar-refractivity contribution in [3.05, 3.63) is 76.5 Å². The number of nitrogens with one attached hydrogen (secondary N) is 1. The lowest BCUT2D eigenvalue weighted by atomic mass is 10.0. The van der Waals surface area contributed by atoms with Crippen molar-refractivity contribution >= 4 is 38.6 Å². The molecule has 3 aromatic rings. The third kappa shape index (κ3) is 3.81. The molecule has 0 aliphatic carbocycles. The van der Waals surface area contributed by atoms with Crippen molar-refractivity contribution in [1.29, 1.82) is 0 Å². The van der Waals surface area contributed by atoms with Crippen molar-refractivity contribution in [2.75, 3.05) is 16.2 Å². The monoisotopic (exact) mass is 412 g/mol. The highest BCUT2D eigenvalue weighted by atomic mass is 32.2. The van der Waals surface area contributed by atoms with Crippen molar-refractivity contribution in [1.82, 2.24) is 0 Å². The summed E-state index contributed by atoms with van der Waals surface area (Å²) in [4.78, 5) is 13.3. The topological polar surface area (TPSA) is 66.5 Å². The zero-order valence-electron chi connectivity index (χ0n) is 15.2. The molecular weight excluding hydrogens is 392 g/mol. The van der Waals surface area contributed by atoms with Gasteiger partial charge in [-0.25, -0.2) is 8.42 Å². The van der Waals surface area contributed by atoms with Gasteiger partial charge in [0.1, 0.15) is 0 Å². The van der Waals surface area contributed by atoms with Crippen LogP contribution in [-0.4, -0.2) is 20.9 Å². The number of carbonyl (C=O) groups excluding carboxylic acids is 1. The van der Waals surface area contributed by atoms with Gasteiger partial charge in [-0.15, -0.1) is 11.3 Å². The van der Waals surface area contributed by atoms with Crippen molar-refractivity contribution in [2.45, 2.75) is 24.2 Å². The van der Waals surface area contributed by atoms with E-state index in [9.17, 15) is 13.2 Å². The Morgan fingerprint density at radius 3 is 2.57 bits per heavy atom. The molecule has 0 fully saturated rings. The van der Waals surface area contributed by atoms with E-state index in [1.807, 2.05) is 41.8 Å². The molecule has 0 saturated heterocycles. The van der Waals surface area contributed by atoms with Gasteiger partial charge in [-0.05, 0) is 60.2 Å². The summed E-state index contributed by atoms with van der Waals surface area (Å²) in [6, 6.07) is 17.8. The van der Waals surface area contributed by atoms with E-state index >= 15 is 0 Å². The van der Waals surface area contributed by atoms with Crippen LogP contribution in [0, 0.1) is 0 Å². The van der Waals surface area contributed by atoms with E-state index in [2.05, 4.69) is 5.32 Å². The molecule has 0 bridgehead atoms. The molecule has 28 heavy (non-hydrogen) atoms. The number of hydrogen-bond acceptors (Lipinski definition) is 4. The maximum absolute atomic E-state index is 13.1. The lowest BCUT2D eigenvalue weighted by Crippen LogP contribution is -2.35. The minimum Gasteiger partial charge on any atom is -0.326 e. The van der Waals surface area contributed by atoms with Crippen LogP contribution >= 0.6 is 11.3 Å². The second-order valence-corrected chi connectivity index (χ2v) is 9.53. The molecule has 1 N–H and O–H groups in total. The number of anilines is 2. The molecule has 5 nitrogen and oxygen atoms in total. The number of sulfonamides is 1. The molecule has 0 saturated carbocycles. The number of benzene rings is 2. The molecule has 0 atom stereocenters. The van der Waals surface area contributed by atoms with Gasteiger partial charge in [0.15, 0.2) is 0 Å². The highest BCUT2D eigenvalue weighted by Crippen LogP contribution is 2.32.